The average molecular weight is 483 g/mol. The van der Waals surface area contributed by atoms with Crippen LogP contribution in [0.2, 0.25) is 0 Å². The van der Waals surface area contributed by atoms with E-state index in [1.54, 1.807) is 14.0 Å². The molecule has 0 spiro atoms. The highest BCUT2D eigenvalue weighted by molar-refractivity contribution is 7.89. The zero-order chi connectivity index (χ0) is 24.6. The molecule has 0 saturated carbocycles. The Labute approximate surface area is 201 Å². The van der Waals surface area contributed by atoms with Gasteiger partial charge in [0.1, 0.15) is 6.61 Å². The summed E-state index contributed by atoms with van der Waals surface area (Å²) in [6.07, 6.45) is 0.685. The van der Waals surface area contributed by atoms with Crippen LogP contribution in [0.1, 0.15) is 41.8 Å². The number of nitrogens with one attached hydrogen (secondary N) is 2. The van der Waals surface area contributed by atoms with Crippen LogP contribution in [0.15, 0.2) is 77.7 Å². The Morgan fingerprint density at radius 1 is 0.941 bits per heavy atom. The minimum absolute atomic E-state index is 0.125. The molecule has 0 heterocycles. The van der Waals surface area contributed by atoms with Crippen molar-refractivity contribution in [3.8, 4) is 11.5 Å². The molecule has 2 N–H and O–H groups in total. The summed E-state index contributed by atoms with van der Waals surface area (Å²) in [5.41, 5.74) is 2.27. The number of sulfonamides is 1. The summed E-state index contributed by atoms with van der Waals surface area (Å²) in [5, 5.41) is 2.84. The molecular weight excluding hydrogens is 452 g/mol. The Hall–Kier alpha value is -3.36. The predicted octanol–water partition coefficient (Wildman–Crippen LogP) is 4.28. The van der Waals surface area contributed by atoms with Crippen LogP contribution in [-0.4, -0.2) is 27.5 Å². The highest BCUT2D eigenvalue weighted by Gasteiger charge is 2.17. The fraction of sp³-hybridized carbons (Fsp3) is 0.269. The smallest absolute Gasteiger partial charge is 0.251 e. The van der Waals surface area contributed by atoms with Crippen LogP contribution >= 0.6 is 0 Å². The van der Waals surface area contributed by atoms with Gasteiger partial charge in [0.05, 0.1) is 12.0 Å². The van der Waals surface area contributed by atoms with Gasteiger partial charge in [0.25, 0.3) is 5.91 Å². The topological polar surface area (TPSA) is 93.7 Å². The van der Waals surface area contributed by atoms with Gasteiger partial charge in [-0.3, -0.25) is 4.79 Å². The Kier molecular flexibility index (Phi) is 8.67. The highest BCUT2D eigenvalue weighted by atomic mass is 32.2. The van der Waals surface area contributed by atoms with Gasteiger partial charge in [-0.15, -0.1) is 0 Å². The number of hydrogen-bond donors (Lipinski definition) is 2. The first-order valence-electron chi connectivity index (χ1n) is 11.1. The van der Waals surface area contributed by atoms with Crippen molar-refractivity contribution < 1.29 is 22.7 Å². The Morgan fingerprint density at radius 3 is 2.29 bits per heavy atom. The van der Waals surface area contributed by atoms with Crippen LogP contribution in [0.25, 0.3) is 0 Å². The minimum Gasteiger partial charge on any atom is -0.493 e. The largest absolute Gasteiger partial charge is 0.493 e. The highest BCUT2D eigenvalue weighted by Crippen LogP contribution is 2.29. The lowest BCUT2D eigenvalue weighted by Gasteiger charge is -2.13. The van der Waals surface area contributed by atoms with Crippen LogP contribution < -0.4 is 19.5 Å². The fourth-order valence-corrected chi connectivity index (χ4v) is 4.49. The third-order valence-electron chi connectivity index (χ3n) is 5.31. The predicted molar refractivity (Wildman–Crippen MR) is 131 cm³/mol. The number of carbonyl (C=O) groups excluding carboxylic acids is 1. The molecule has 0 bridgehead atoms. The van der Waals surface area contributed by atoms with Crippen LogP contribution in [0.4, 0.5) is 0 Å². The molecule has 180 valence electrons. The third-order valence-corrected chi connectivity index (χ3v) is 6.92. The van der Waals surface area contributed by atoms with Crippen molar-refractivity contribution in [3.63, 3.8) is 0 Å². The summed E-state index contributed by atoms with van der Waals surface area (Å²) >= 11 is 0. The zero-order valence-corrected chi connectivity index (χ0v) is 20.4. The second kappa shape index (κ2) is 11.7. The lowest BCUT2D eigenvalue weighted by molar-refractivity contribution is 0.0950. The van der Waals surface area contributed by atoms with Gasteiger partial charge in [0.15, 0.2) is 11.5 Å². The number of ether oxygens (including phenoxy) is 2. The first-order chi connectivity index (χ1) is 16.3. The van der Waals surface area contributed by atoms with E-state index in [1.807, 2.05) is 55.5 Å². The molecule has 0 aliphatic rings. The van der Waals surface area contributed by atoms with Crippen LogP contribution in [0, 0.1) is 0 Å². The van der Waals surface area contributed by atoms with Gasteiger partial charge in [-0.2, -0.15) is 0 Å². The molecule has 0 aliphatic carbocycles. The third kappa shape index (κ3) is 6.82. The SMILES string of the molecule is CCC(C)NS(=O)(=O)c1ccc(C(=O)NCc2ccc(OCc3ccccc3)c(OC)c2)cc1. The van der Waals surface area contributed by atoms with E-state index in [0.717, 1.165) is 11.1 Å². The van der Waals surface area contributed by atoms with Gasteiger partial charge in [0, 0.05) is 18.2 Å². The second-order valence-corrected chi connectivity index (χ2v) is 9.61. The summed E-state index contributed by atoms with van der Waals surface area (Å²) in [5.74, 6) is 0.887. The maximum Gasteiger partial charge on any atom is 0.251 e. The van der Waals surface area contributed by atoms with E-state index >= 15 is 0 Å². The first-order valence-corrected chi connectivity index (χ1v) is 12.5. The molecule has 1 amide bonds. The molecule has 34 heavy (non-hydrogen) atoms. The monoisotopic (exact) mass is 482 g/mol. The van der Waals surface area contributed by atoms with E-state index in [9.17, 15) is 13.2 Å². The van der Waals surface area contributed by atoms with Gasteiger partial charge < -0.3 is 14.8 Å². The summed E-state index contributed by atoms with van der Waals surface area (Å²) in [4.78, 5) is 12.7. The molecular formula is C26H30N2O5S. The van der Waals surface area contributed by atoms with Crippen molar-refractivity contribution in [2.45, 2.75) is 44.4 Å². The molecule has 0 fully saturated rings. The standard InChI is InChI=1S/C26H30N2O5S/c1-4-19(2)28-34(30,31)23-13-11-22(12-14-23)26(29)27-17-21-10-15-24(25(16-21)32-3)33-18-20-8-6-5-7-9-20/h5-16,19,28H,4,17-18H2,1-3H3,(H,27,29). The van der Waals surface area contributed by atoms with Crippen molar-refractivity contribution in [2.24, 2.45) is 0 Å². The summed E-state index contributed by atoms with van der Waals surface area (Å²) < 4.78 is 38.7. The van der Waals surface area contributed by atoms with Crippen molar-refractivity contribution in [1.82, 2.24) is 10.0 Å². The Morgan fingerprint density at radius 2 is 1.65 bits per heavy atom. The number of benzene rings is 3. The van der Waals surface area contributed by atoms with Crippen molar-refractivity contribution in [3.05, 3.63) is 89.5 Å². The zero-order valence-electron chi connectivity index (χ0n) is 19.6. The number of methoxy groups -OCH3 is 1. The molecule has 1 unspecified atom stereocenters. The van der Waals surface area contributed by atoms with E-state index in [1.165, 1.54) is 24.3 Å². The van der Waals surface area contributed by atoms with Gasteiger partial charge >= 0.3 is 0 Å². The average Bonchev–Trinajstić information content (AvgIpc) is 2.86. The molecule has 0 saturated heterocycles. The van der Waals surface area contributed by atoms with Crippen LogP contribution in [0.5, 0.6) is 11.5 Å². The molecule has 8 heteroatoms. The van der Waals surface area contributed by atoms with Gasteiger partial charge in [-0.1, -0.05) is 43.3 Å². The van der Waals surface area contributed by atoms with E-state index < -0.39 is 10.0 Å². The summed E-state index contributed by atoms with van der Waals surface area (Å²) in [6, 6.07) is 21.0. The van der Waals surface area contributed by atoms with E-state index in [4.69, 9.17) is 9.47 Å². The Bertz CT molecular complexity index is 1200. The lowest BCUT2D eigenvalue weighted by atomic mass is 10.1. The molecule has 3 aromatic carbocycles. The number of amides is 1. The molecule has 1 atom stereocenters. The molecule has 0 aliphatic heterocycles. The number of carbonyl (C=O) groups is 1. The van der Waals surface area contributed by atoms with Crippen LogP contribution in [-0.2, 0) is 23.2 Å². The van der Waals surface area contributed by atoms with Crippen LogP contribution in [0.3, 0.4) is 0 Å². The van der Waals surface area contributed by atoms with Crippen molar-refractivity contribution in [1.29, 1.82) is 0 Å². The first kappa shape index (κ1) is 25.3. The molecule has 3 rings (SSSR count). The Balaban J connectivity index is 1.59. The fourth-order valence-electron chi connectivity index (χ4n) is 3.16. The minimum atomic E-state index is -3.61. The lowest BCUT2D eigenvalue weighted by Crippen LogP contribution is -2.32. The van der Waals surface area contributed by atoms with E-state index in [2.05, 4.69) is 10.0 Å². The van der Waals surface area contributed by atoms with Crippen molar-refractivity contribution in [2.75, 3.05) is 7.11 Å². The summed E-state index contributed by atoms with van der Waals surface area (Å²) in [6.45, 7) is 4.41. The van der Waals surface area contributed by atoms with Gasteiger partial charge in [-0.05, 0) is 60.9 Å². The second-order valence-electron chi connectivity index (χ2n) is 7.90. The number of rotatable bonds is 11. The van der Waals surface area contributed by atoms with Gasteiger partial charge in [-0.25, -0.2) is 13.1 Å². The molecule has 0 aromatic heterocycles. The maximum atomic E-state index is 12.6. The van der Waals surface area contributed by atoms with E-state index in [0.29, 0.717) is 30.1 Å². The van der Waals surface area contributed by atoms with E-state index in [-0.39, 0.29) is 23.4 Å². The van der Waals surface area contributed by atoms with Crippen molar-refractivity contribution >= 4 is 15.9 Å². The normalized spacial score (nSPS) is 12.1. The maximum absolute atomic E-state index is 12.6. The van der Waals surface area contributed by atoms with Gasteiger partial charge in [0.2, 0.25) is 10.0 Å². The quantitative estimate of drug-likeness (QED) is 0.425. The summed E-state index contributed by atoms with van der Waals surface area (Å²) in [7, 11) is -2.04. The molecule has 3 aromatic rings. The number of hydrogen-bond acceptors (Lipinski definition) is 5. The molecule has 0 radical (unpaired) electrons. The molecule has 7 nitrogen and oxygen atoms in total.